The molecule has 0 aliphatic carbocycles. The number of thiazole rings is 1. The van der Waals surface area contributed by atoms with E-state index in [0.717, 1.165) is 23.8 Å². The molecule has 116 valence electrons. The molecule has 3 heterocycles. The largest absolute Gasteiger partial charge is 0.290 e. The number of thiophene rings is 1. The molecule has 0 atom stereocenters. The Morgan fingerprint density at radius 1 is 1.27 bits per heavy atom. The summed E-state index contributed by atoms with van der Waals surface area (Å²) in [5.41, 5.74) is 2.30. The second kappa shape index (κ2) is 7.08. The number of nitrogens with zero attached hydrogens (tertiary/aromatic N) is 5. The summed E-state index contributed by atoms with van der Waals surface area (Å²) in [5.74, 6) is 1.29. The third kappa shape index (κ3) is 3.96. The Morgan fingerprint density at radius 3 is 2.86 bits per heavy atom. The maximum atomic E-state index is 4.75. The van der Waals surface area contributed by atoms with Crippen LogP contribution >= 0.6 is 22.7 Å². The quantitative estimate of drug-likeness (QED) is 0.719. The van der Waals surface area contributed by atoms with Gasteiger partial charge in [0.05, 0.1) is 12.2 Å². The third-order valence-electron chi connectivity index (χ3n) is 3.08. The molecular weight excluding hydrogens is 316 g/mol. The Labute approximate surface area is 137 Å². The van der Waals surface area contributed by atoms with Crippen molar-refractivity contribution in [3.05, 3.63) is 33.7 Å². The van der Waals surface area contributed by atoms with Crippen molar-refractivity contribution in [2.45, 2.75) is 26.9 Å². The van der Waals surface area contributed by atoms with E-state index in [9.17, 15) is 0 Å². The normalized spacial score (nSPS) is 11.6. The van der Waals surface area contributed by atoms with Crippen molar-refractivity contribution in [1.29, 1.82) is 0 Å². The molecule has 0 radical (unpaired) electrons. The molecule has 0 bridgehead atoms. The number of H-pyrrole nitrogens is 1. The molecule has 0 unspecified atom stereocenters. The van der Waals surface area contributed by atoms with E-state index in [4.69, 9.17) is 4.98 Å². The first-order valence-corrected chi connectivity index (χ1v) is 8.94. The van der Waals surface area contributed by atoms with Gasteiger partial charge in [0.25, 0.3) is 0 Å². The van der Waals surface area contributed by atoms with Crippen molar-refractivity contribution in [2.24, 2.45) is 5.92 Å². The van der Waals surface area contributed by atoms with Gasteiger partial charge in [-0.15, -0.1) is 21.5 Å². The monoisotopic (exact) mass is 334 g/mol. The van der Waals surface area contributed by atoms with Gasteiger partial charge in [-0.1, -0.05) is 19.1 Å². The van der Waals surface area contributed by atoms with Crippen LogP contribution in [-0.4, -0.2) is 37.1 Å². The Balaban J connectivity index is 1.69. The van der Waals surface area contributed by atoms with Crippen LogP contribution in [-0.2, 0) is 13.1 Å². The van der Waals surface area contributed by atoms with Crippen LogP contribution in [0.2, 0.25) is 0 Å². The highest BCUT2D eigenvalue weighted by atomic mass is 32.1. The average Bonchev–Trinajstić information content (AvgIpc) is 3.20. The average molecular weight is 334 g/mol. The van der Waals surface area contributed by atoms with Gasteiger partial charge in [0.2, 0.25) is 0 Å². The van der Waals surface area contributed by atoms with Gasteiger partial charge in [0, 0.05) is 29.4 Å². The Bertz CT molecular complexity index is 674. The topological polar surface area (TPSA) is 70.6 Å². The second-order valence-electron chi connectivity index (χ2n) is 5.55. The molecule has 1 N–H and O–H groups in total. The number of hydrogen-bond donors (Lipinski definition) is 1. The van der Waals surface area contributed by atoms with Crippen molar-refractivity contribution >= 4 is 22.7 Å². The predicted octanol–water partition coefficient (Wildman–Crippen LogP) is 3.04. The standard InChI is InChI=1S/C14H18N6S2/c1-10(2)5-20(7-13-16-18-19-17-13)6-12-9-22-14(15-12)11-3-4-21-8-11/h3-4,8-10H,5-7H2,1-2H3,(H,16,17,18,19). The van der Waals surface area contributed by atoms with Crippen LogP contribution < -0.4 is 0 Å². The zero-order valence-corrected chi connectivity index (χ0v) is 14.2. The molecule has 0 saturated heterocycles. The summed E-state index contributed by atoms with van der Waals surface area (Å²) >= 11 is 3.39. The number of tetrazole rings is 1. The van der Waals surface area contributed by atoms with E-state index in [1.165, 1.54) is 5.56 Å². The SMILES string of the molecule is CC(C)CN(Cc1csc(-c2ccsc2)n1)Cc1nn[nH]n1. The minimum Gasteiger partial charge on any atom is -0.290 e. The highest BCUT2D eigenvalue weighted by Gasteiger charge is 2.14. The number of hydrogen-bond acceptors (Lipinski definition) is 7. The number of aromatic amines is 1. The van der Waals surface area contributed by atoms with E-state index in [0.29, 0.717) is 18.3 Å². The third-order valence-corrected chi connectivity index (χ3v) is 4.71. The Kier molecular flexibility index (Phi) is 4.91. The zero-order chi connectivity index (χ0) is 15.4. The van der Waals surface area contributed by atoms with Crippen molar-refractivity contribution in [3.8, 4) is 10.6 Å². The van der Waals surface area contributed by atoms with Gasteiger partial charge < -0.3 is 0 Å². The molecule has 3 aromatic heterocycles. The highest BCUT2D eigenvalue weighted by molar-refractivity contribution is 7.14. The summed E-state index contributed by atoms with van der Waals surface area (Å²) in [6.07, 6.45) is 0. The fourth-order valence-corrected chi connectivity index (χ4v) is 3.80. The first kappa shape index (κ1) is 15.3. The maximum Gasteiger partial charge on any atom is 0.188 e. The van der Waals surface area contributed by atoms with Crippen molar-refractivity contribution in [3.63, 3.8) is 0 Å². The van der Waals surface area contributed by atoms with Crippen LogP contribution in [0.4, 0.5) is 0 Å². The molecule has 0 amide bonds. The highest BCUT2D eigenvalue weighted by Crippen LogP contribution is 2.26. The molecule has 22 heavy (non-hydrogen) atoms. The van der Waals surface area contributed by atoms with Gasteiger partial charge in [-0.05, 0) is 17.4 Å². The molecule has 0 aliphatic heterocycles. The minimum absolute atomic E-state index is 0.571. The Morgan fingerprint density at radius 2 is 2.18 bits per heavy atom. The summed E-state index contributed by atoms with van der Waals surface area (Å²) in [7, 11) is 0. The summed E-state index contributed by atoms with van der Waals surface area (Å²) in [5, 5.41) is 21.7. The molecule has 0 fully saturated rings. The first-order chi connectivity index (χ1) is 10.7. The lowest BCUT2D eigenvalue weighted by atomic mass is 10.2. The lowest BCUT2D eigenvalue weighted by Gasteiger charge is -2.21. The van der Waals surface area contributed by atoms with Crippen molar-refractivity contribution in [1.82, 2.24) is 30.5 Å². The lowest BCUT2D eigenvalue weighted by Crippen LogP contribution is -2.27. The molecule has 0 spiro atoms. The zero-order valence-electron chi connectivity index (χ0n) is 12.6. The summed E-state index contributed by atoms with van der Waals surface area (Å²) in [6.45, 7) is 6.87. The van der Waals surface area contributed by atoms with Crippen molar-refractivity contribution in [2.75, 3.05) is 6.54 Å². The van der Waals surface area contributed by atoms with Gasteiger partial charge in [-0.25, -0.2) is 4.98 Å². The van der Waals surface area contributed by atoms with Gasteiger partial charge in [0.1, 0.15) is 5.01 Å². The van der Waals surface area contributed by atoms with Crippen LogP contribution in [0.25, 0.3) is 10.6 Å². The second-order valence-corrected chi connectivity index (χ2v) is 7.19. The molecule has 3 rings (SSSR count). The molecule has 3 aromatic rings. The van der Waals surface area contributed by atoms with E-state index in [2.05, 4.69) is 61.6 Å². The minimum atomic E-state index is 0.571. The van der Waals surface area contributed by atoms with E-state index in [-0.39, 0.29) is 0 Å². The van der Waals surface area contributed by atoms with Crippen LogP contribution in [0.1, 0.15) is 25.4 Å². The number of aromatic nitrogens is 5. The van der Waals surface area contributed by atoms with Gasteiger partial charge in [-0.2, -0.15) is 16.6 Å². The number of rotatable bonds is 7. The fourth-order valence-electron chi connectivity index (χ4n) is 2.28. The molecule has 0 aromatic carbocycles. The van der Waals surface area contributed by atoms with Crippen LogP contribution in [0.15, 0.2) is 22.2 Å². The lowest BCUT2D eigenvalue weighted by molar-refractivity contribution is 0.220. The first-order valence-electron chi connectivity index (χ1n) is 7.12. The van der Waals surface area contributed by atoms with Gasteiger partial charge >= 0.3 is 0 Å². The molecule has 8 heteroatoms. The summed E-state index contributed by atoms with van der Waals surface area (Å²) in [6, 6.07) is 2.11. The van der Waals surface area contributed by atoms with Crippen molar-refractivity contribution < 1.29 is 0 Å². The predicted molar refractivity (Wildman–Crippen MR) is 88.6 cm³/mol. The summed E-state index contributed by atoms with van der Waals surface area (Å²) < 4.78 is 0. The van der Waals surface area contributed by atoms with E-state index in [1.807, 2.05) is 0 Å². The number of nitrogens with one attached hydrogen (secondary N) is 1. The fraction of sp³-hybridized carbons (Fsp3) is 0.429. The van der Waals surface area contributed by atoms with E-state index >= 15 is 0 Å². The maximum absolute atomic E-state index is 4.75. The van der Waals surface area contributed by atoms with Crippen LogP contribution in [0.3, 0.4) is 0 Å². The molecule has 0 aliphatic rings. The van der Waals surface area contributed by atoms with E-state index in [1.54, 1.807) is 22.7 Å². The van der Waals surface area contributed by atoms with Gasteiger partial charge in [-0.3, -0.25) is 4.90 Å². The van der Waals surface area contributed by atoms with Crippen LogP contribution in [0.5, 0.6) is 0 Å². The van der Waals surface area contributed by atoms with Gasteiger partial charge in [0.15, 0.2) is 5.82 Å². The Hall–Kier alpha value is -1.64. The molecule has 0 saturated carbocycles. The van der Waals surface area contributed by atoms with Crippen LogP contribution in [0, 0.1) is 5.92 Å². The summed E-state index contributed by atoms with van der Waals surface area (Å²) in [4.78, 5) is 7.06. The molecular formula is C14H18N6S2. The molecule has 6 nitrogen and oxygen atoms in total. The smallest absolute Gasteiger partial charge is 0.188 e. The van der Waals surface area contributed by atoms with E-state index < -0.39 is 0 Å².